The number of ether oxygens (including phenoxy) is 1. The monoisotopic (exact) mass is 342 g/mol. The van der Waals surface area contributed by atoms with E-state index in [9.17, 15) is 5.26 Å². The van der Waals surface area contributed by atoms with Gasteiger partial charge in [-0.2, -0.15) is 5.26 Å². The Kier molecular flexibility index (Phi) is 3.85. The number of benzene rings is 2. The summed E-state index contributed by atoms with van der Waals surface area (Å²) < 4.78 is 6.73. The van der Waals surface area contributed by atoms with E-state index in [2.05, 4.69) is 33.4 Å². The first kappa shape index (κ1) is 14.0. The summed E-state index contributed by atoms with van der Waals surface area (Å²) in [5.41, 5.74) is 3.71. The lowest BCUT2D eigenvalue weighted by atomic mass is 9.99. The fourth-order valence-corrected chi connectivity index (χ4v) is 3.02. The van der Waals surface area contributed by atoms with Crippen LogP contribution in [0.3, 0.4) is 0 Å². The molecule has 1 unspecified atom stereocenters. The van der Waals surface area contributed by atoms with Crippen molar-refractivity contribution >= 4 is 21.6 Å². The number of hydrogen-bond donors (Lipinski definition) is 1. The van der Waals surface area contributed by atoms with E-state index < -0.39 is 0 Å². The summed E-state index contributed by atoms with van der Waals surface area (Å²) in [6, 6.07) is 14.4. The number of aryl methyl sites for hydroxylation is 1. The van der Waals surface area contributed by atoms with Crippen molar-refractivity contribution in [3.05, 3.63) is 57.6 Å². The van der Waals surface area contributed by atoms with E-state index in [1.165, 1.54) is 0 Å². The lowest BCUT2D eigenvalue weighted by Gasteiger charge is -2.28. The molecule has 0 saturated heterocycles. The summed E-state index contributed by atoms with van der Waals surface area (Å²) in [6.45, 7) is 2.64. The van der Waals surface area contributed by atoms with Crippen LogP contribution in [0.4, 0.5) is 5.69 Å². The molecule has 0 aromatic heterocycles. The number of anilines is 1. The van der Waals surface area contributed by atoms with Crippen molar-refractivity contribution in [1.29, 1.82) is 5.26 Å². The van der Waals surface area contributed by atoms with Gasteiger partial charge in [0.25, 0.3) is 0 Å². The Morgan fingerprint density at radius 1 is 1.33 bits per heavy atom. The van der Waals surface area contributed by atoms with E-state index in [0.717, 1.165) is 33.5 Å². The van der Waals surface area contributed by atoms with Crippen LogP contribution in [0.15, 0.2) is 40.9 Å². The minimum atomic E-state index is 0.153. The highest BCUT2D eigenvalue weighted by atomic mass is 79.9. The maximum absolute atomic E-state index is 9.35. The molecule has 4 heteroatoms. The van der Waals surface area contributed by atoms with E-state index in [-0.39, 0.29) is 6.04 Å². The van der Waals surface area contributed by atoms with E-state index in [4.69, 9.17) is 4.74 Å². The molecule has 106 valence electrons. The number of halogens is 1. The van der Waals surface area contributed by atoms with Gasteiger partial charge in [-0.25, -0.2) is 0 Å². The molecule has 1 aliphatic rings. The summed E-state index contributed by atoms with van der Waals surface area (Å²) in [4.78, 5) is 0. The molecule has 0 aliphatic carbocycles. The molecule has 0 saturated carbocycles. The summed E-state index contributed by atoms with van der Waals surface area (Å²) in [5, 5.41) is 12.8. The first-order valence-corrected chi connectivity index (χ1v) is 7.67. The van der Waals surface area contributed by atoms with Crippen LogP contribution in [0.2, 0.25) is 0 Å². The number of nitrogens with one attached hydrogen (secondary N) is 1. The molecular weight excluding hydrogens is 328 g/mol. The maximum Gasteiger partial charge on any atom is 0.124 e. The van der Waals surface area contributed by atoms with Gasteiger partial charge in [-0.05, 0) is 36.8 Å². The number of fused-ring (bicyclic) bond motifs is 1. The highest BCUT2D eigenvalue weighted by molar-refractivity contribution is 9.10. The van der Waals surface area contributed by atoms with Crippen molar-refractivity contribution in [1.82, 2.24) is 0 Å². The molecule has 1 atom stereocenters. The second-order valence-electron chi connectivity index (χ2n) is 5.13. The Balaban J connectivity index is 1.96. The fraction of sp³-hybridized carbons (Fsp3) is 0.235. The Morgan fingerprint density at radius 2 is 2.19 bits per heavy atom. The van der Waals surface area contributed by atoms with Crippen molar-refractivity contribution in [2.24, 2.45) is 0 Å². The highest BCUT2D eigenvalue weighted by Crippen LogP contribution is 2.36. The van der Waals surface area contributed by atoms with E-state index >= 15 is 0 Å². The van der Waals surface area contributed by atoms with Crippen LogP contribution in [0.1, 0.15) is 29.2 Å². The molecule has 1 aliphatic heterocycles. The molecule has 3 rings (SSSR count). The molecule has 0 radical (unpaired) electrons. The lowest BCUT2D eigenvalue weighted by Crippen LogP contribution is -2.21. The number of rotatable bonds is 2. The van der Waals surface area contributed by atoms with Crippen LogP contribution in [-0.2, 0) is 0 Å². The predicted molar refractivity (Wildman–Crippen MR) is 86.5 cm³/mol. The lowest BCUT2D eigenvalue weighted by molar-refractivity contribution is 0.274. The zero-order valence-electron chi connectivity index (χ0n) is 11.7. The van der Waals surface area contributed by atoms with Crippen molar-refractivity contribution in [2.45, 2.75) is 19.4 Å². The third kappa shape index (κ3) is 2.74. The van der Waals surface area contributed by atoms with Gasteiger partial charge in [-0.15, -0.1) is 0 Å². The summed E-state index contributed by atoms with van der Waals surface area (Å²) in [5.74, 6) is 0.910. The van der Waals surface area contributed by atoms with E-state index in [0.29, 0.717) is 12.2 Å². The number of hydrogen-bond acceptors (Lipinski definition) is 3. The molecule has 3 nitrogen and oxygen atoms in total. The third-order valence-electron chi connectivity index (χ3n) is 3.73. The Labute approximate surface area is 132 Å². The van der Waals surface area contributed by atoms with Gasteiger partial charge in [-0.1, -0.05) is 28.1 Å². The summed E-state index contributed by atoms with van der Waals surface area (Å²) >= 11 is 3.51. The van der Waals surface area contributed by atoms with E-state index in [1.807, 2.05) is 37.3 Å². The SMILES string of the molecule is Cc1cccc(NC2CCOc3ccc(Br)cc32)c1C#N. The van der Waals surface area contributed by atoms with Gasteiger partial charge in [0.2, 0.25) is 0 Å². The Bertz CT molecular complexity index is 721. The average molecular weight is 343 g/mol. The quantitative estimate of drug-likeness (QED) is 0.869. The van der Waals surface area contributed by atoms with Gasteiger partial charge in [0.1, 0.15) is 11.8 Å². The summed E-state index contributed by atoms with van der Waals surface area (Å²) in [6.07, 6.45) is 0.877. The molecule has 21 heavy (non-hydrogen) atoms. The van der Waals surface area contributed by atoms with Gasteiger partial charge in [0.15, 0.2) is 0 Å². The predicted octanol–water partition coefficient (Wildman–Crippen LogP) is 4.56. The van der Waals surface area contributed by atoms with Crippen LogP contribution >= 0.6 is 15.9 Å². The second kappa shape index (κ2) is 5.79. The van der Waals surface area contributed by atoms with Crippen LogP contribution in [0, 0.1) is 18.3 Å². The van der Waals surface area contributed by atoms with Crippen LogP contribution in [-0.4, -0.2) is 6.61 Å². The zero-order chi connectivity index (χ0) is 14.8. The van der Waals surface area contributed by atoms with Gasteiger partial charge in [0.05, 0.1) is 23.9 Å². The molecule has 0 fully saturated rings. The Hall–Kier alpha value is -1.99. The van der Waals surface area contributed by atoms with Crippen LogP contribution < -0.4 is 10.1 Å². The minimum Gasteiger partial charge on any atom is -0.493 e. The molecule has 0 spiro atoms. The van der Waals surface area contributed by atoms with Crippen LogP contribution in [0.25, 0.3) is 0 Å². The van der Waals surface area contributed by atoms with Gasteiger partial charge < -0.3 is 10.1 Å². The standard InChI is InChI=1S/C17H15BrN2O/c1-11-3-2-4-15(14(11)10-19)20-16-7-8-21-17-6-5-12(18)9-13(16)17/h2-6,9,16,20H,7-8H2,1H3. The topological polar surface area (TPSA) is 45.0 Å². The van der Waals surface area contributed by atoms with Crippen molar-refractivity contribution in [3.63, 3.8) is 0 Å². The highest BCUT2D eigenvalue weighted by Gasteiger charge is 2.22. The summed E-state index contributed by atoms with van der Waals surface area (Å²) in [7, 11) is 0. The first-order valence-electron chi connectivity index (χ1n) is 6.87. The normalized spacial score (nSPS) is 16.5. The molecule has 1 heterocycles. The minimum absolute atomic E-state index is 0.153. The molecule has 1 N–H and O–H groups in total. The average Bonchev–Trinajstić information content (AvgIpc) is 2.48. The third-order valence-corrected chi connectivity index (χ3v) is 4.22. The molecule has 2 aromatic rings. The van der Waals surface area contributed by atoms with Gasteiger partial charge >= 0.3 is 0 Å². The molecule has 0 amide bonds. The van der Waals surface area contributed by atoms with Crippen molar-refractivity contribution in [2.75, 3.05) is 11.9 Å². The molecular formula is C17H15BrN2O. The smallest absolute Gasteiger partial charge is 0.124 e. The Morgan fingerprint density at radius 3 is 3.00 bits per heavy atom. The second-order valence-corrected chi connectivity index (χ2v) is 6.04. The zero-order valence-corrected chi connectivity index (χ0v) is 13.3. The van der Waals surface area contributed by atoms with Crippen molar-refractivity contribution in [3.8, 4) is 11.8 Å². The van der Waals surface area contributed by atoms with Crippen LogP contribution in [0.5, 0.6) is 5.75 Å². The van der Waals surface area contributed by atoms with E-state index in [1.54, 1.807) is 0 Å². The number of nitriles is 1. The molecule has 0 bridgehead atoms. The maximum atomic E-state index is 9.35. The van der Waals surface area contributed by atoms with Gasteiger partial charge in [-0.3, -0.25) is 0 Å². The fourth-order valence-electron chi connectivity index (χ4n) is 2.64. The largest absolute Gasteiger partial charge is 0.493 e. The first-order chi connectivity index (χ1) is 10.2. The van der Waals surface area contributed by atoms with Gasteiger partial charge in [0, 0.05) is 16.5 Å². The van der Waals surface area contributed by atoms with Crippen molar-refractivity contribution < 1.29 is 4.74 Å². The molecule has 2 aromatic carbocycles. The number of nitrogens with zero attached hydrogens (tertiary/aromatic N) is 1.